The van der Waals surface area contributed by atoms with E-state index < -0.39 is 0 Å². The first-order valence-electron chi connectivity index (χ1n) is 8.23. The van der Waals surface area contributed by atoms with Crippen molar-refractivity contribution < 1.29 is 0 Å². The lowest BCUT2D eigenvalue weighted by Gasteiger charge is -2.11. The van der Waals surface area contributed by atoms with Crippen LogP contribution in [0.15, 0.2) is 48.7 Å². The van der Waals surface area contributed by atoms with Crippen LogP contribution in [0.4, 0.5) is 5.69 Å². The highest BCUT2D eigenvalue weighted by Gasteiger charge is 2.17. The normalized spacial score (nSPS) is 11.2. The molecular formula is C19H19N5. The van der Waals surface area contributed by atoms with Crippen molar-refractivity contribution in [3.63, 3.8) is 0 Å². The maximum atomic E-state index is 4.86. The minimum Gasteiger partial charge on any atom is -0.384 e. The molecule has 0 saturated carbocycles. The molecule has 3 heterocycles. The molecule has 24 heavy (non-hydrogen) atoms. The number of benzene rings is 1. The first kappa shape index (κ1) is 14.6. The quantitative estimate of drug-likeness (QED) is 0.616. The zero-order chi connectivity index (χ0) is 16.5. The van der Waals surface area contributed by atoms with E-state index in [1.165, 1.54) is 0 Å². The highest BCUT2D eigenvalue weighted by Crippen LogP contribution is 2.33. The second kappa shape index (κ2) is 5.92. The maximum Gasteiger partial charge on any atom is 0.167 e. The first-order valence-corrected chi connectivity index (χ1v) is 8.23. The van der Waals surface area contributed by atoms with Crippen LogP contribution in [-0.4, -0.2) is 26.3 Å². The van der Waals surface area contributed by atoms with Crippen molar-refractivity contribution >= 4 is 27.6 Å². The van der Waals surface area contributed by atoms with Crippen LogP contribution < -0.4 is 5.32 Å². The number of aryl methyl sites for hydroxylation is 1. The van der Waals surface area contributed by atoms with Crippen molar-refractivity contribution in [3.05, 3.63) is 54.4 Å². The van der Waals surface area contributed by atoms with Gasteiger partial charge in [-0.1, -0.05) is 31.2 Å². The van der Waals surface area contributed by atoms with Gasteiger partial charge in [0.2, 0.25) is 0 Å². The molecule has 0 spiro atoms. The van der Waals surface area contributed by atoms with E-state index in [4.69, 9.17) is 10.1 Å². The number of anilines is 1. The fourth-order valence-corrected chi connectivity index (χ4v) is 3.01. The Morgan fingerprint density at radius 2 is 1.92 bits per heavy atom. The zero-order valence-electron chi connectivity index (χ0n) is 13.8. The summed E-state index contributed by atoms with van der Waals surface area (Å²) in [7, 11) is 0. The lowest BCUT2D eigenvalue weighted by molar-refractivity contribution is 0.849. The molecule has 0 aliphatic heterocycles. The number of fused-ring (bicyclic) bond motifs is 2. The van der Waals surface area contributed by atoms with Gasteiger partial charge in [-0.3, -0.25) is 0 Å². The van der Waals surface area contributed by atoms with Gasteiger partial charge in [0.1, 0.15) is 0 Å². The van der Waals surface area contributed by atoms with Crippen molar-refractivity contribution in [2.45, 2.75) is 20.3 Å². The number of hydrogen-bond acceptors (Lipinski definition) is 4. The summed E-state index contributed by atoms with van der Waals surface area (Å²) in [5.41, 5.74) is 3.86. The number of rotatable bonds is 4. The molecule has 4 rings (SSSR count). The van der Waals surface area contributed by atoms with Gasteiger partial charge in [-0.2, -0.15) is 9.78 Å². The van der Waals surface area contributed by atoms with Gasteiger partial charge >= 0.3 is 0 Å². The Hall–Kier alpha value is -2.95. The smallest absolute Gasteiger partial charge is 0.167 e. The van der Waals surface area contributed by atoms with Crippen molar-refractivity contribution in [1.82, 2.24) is 19.7 Å². The van der Waals surface area contributed by atoms with E-state index in [2.05, 4.69) is 23.3 Å². The Morgan fingerprint density at radius 3 is 2.71 bits per heavy atom. The lowest BCUT2D eigenvalue weighted by atomic mass is 10.1. The van der Waals surface area contributed by atoms with Gasteiger partial charge in [-0.05, 0) is 31.5 Å². The minimum absolute atomic E-state index is 0.778. The average Bonchev–Trinajstić information content (AvgIpc) is 2.96. The van der Waals surface area contributed by atoms with E-state index in [0.29, 0.717) is 0 Å². The minimum atomic E-state index is 0.778. The van der Waals surface area contributed by atoms with Gasteiger partial charge in [0, 0.05) is 18.1 Å². The largest absolute Gasteiger partial charge is 0.384 e. The fraction of sp³-hybridized carbons (Fsp3) is 0.211. The predicted octanol–water partition coefficient (Wildman–Crippen LogP) is 4.10. The van der Waals surface area contributed by atoms with Gasteiger partial charge < -0.3 is 5.32 Å². The van der Waals surface area contributed by atoms with Gasteiger partial charge in [-0.25, -0.2) is 9.97 Å². The van der Waals surface area contributed by atoms with Crippen LogP contribution in [0.5, 0.6) is 0 Å². The SMILES string of the molecule is CCCNc1c2ccccc2nc2c1c(C)nn2-c1ccccn1. The molecule has 5 heteroatoms. The summed E-state index contributed by atoms with van der Waals surface area (Å²) < 4.78 is 1.83. The van der Waals surface area contributed by atoms with Crippen LogP contribution in [0.2, 0.25) is 0 Å². The topological polar surface area (TPSA) is 55.6 Å². The molecule has 1 N–H and O–H groups in total. The van der Waals surface area contributed by atoms with E-state index >= 15 is 0 Å². The van der Waals surface area contributed by atoms with Crippen LogP contribution in [0.25, 0.3) is 27.8 Å². The summed E-state index contributed by atoms with van der Waals surface area (Å²) in [6.07, 6.45) is 2.83. The summed E-state index contributed by atoms with van der Waals surface area (Å²) in [5, 5.41) is 10.5. The summed E-state index contributed by atoms with van der Waals surface area (Å²) >= 11 is 0. The standard InChI is InChI=1S/C19H19N5/c1-3-11-21-18-14-8-4-5-9-15(14)22-19-17(18)13(2)23-24(19)16-10-6-7-12-20-16/h4-10,12H,3,11H2,1-2H3,(H,21,22). The summed E-state index contributed by atoms with van der Waals surface area (Å²) in [5.74, 6) is 0.778. The highest BCUT2D eigenvalue weighted by atomic mass is 15.3. The van der Waals surface area contributed by atoms with E-state index in [0.717, 1.165) is 52.1 Å². The number of para-hydroxylation sites is 1. The summed E-state index contributed by atoms with van der Waals surface area (Å²) in [4.78, 5) is 9.29. The molecular weight excluding hydrogens is 298 g/mol. The van der Waals surface area contributed by atoms with E-state index in [9.17, 15) is 0 Å². The van der Waals surface area contributed by atoms with Crippen LogP contribution in [0.1, 0.15) is 19.0 Å². The number of pyridine rings is 2. The van der Waals surface area contributed by atoms with E-state index in [1.54, 1.807) is 6.20 Å². The molecule has 0 saturated heterocycles. The second-order valence-electron chi connectivity index (χ2n) is 5.81. The second-order valence-corrected chi connectivity index (χ2v) is 5.81. The average molecular weight is 317 g/mol. The number of aromatic nitrogens is 4. The van der Waals surface area contributed by atoms with Gasteiger partial charge in [-0.15, -0.1) is 0 Å². The van der Waals surface area contributed by atoms with E-state index in [-0.39, 0.29) is 0 Å². The van der Waals surface area contributed by atoms with Crippen molar-refractivity contribution in [1.29, 1.82) is 0 Å². The van der Waals surface area contributed by atoms with E-state index in [1.807, 2.05) is 48.0 Å². The molecule has 0 aliphatic carbocycles. The molecule has 120 valence electrons. The van der Waals surface area contributed by atoms with Crippen LogP contribution in [0.3, 0.4) is 0 Å². The maximum absolute atomic E-state index is 4.86. The van der Waals surface area contributed by atoms with Crippen LogP contribution in [0, 0.1) is 6.92 Å². The van der Waals surface area contributed by atoms with Gasteiger partial charge in [0.05, 0.1) is 22.3 Å². The Kier molecular flexibility index (Phi) is 3.61. The lowest BCUT2D eigenvalue weighted by Crippen LogP contribution is -2.03. The predicted molar refractivity (Wildman–Crippen MR) is 97.7 cm³/mol. The Bertz CT molecular complexity index is 1000. The number of hydrogen-bond donors (Lipinski definition) is 1. The van der Waals surface area contributed by atoms with Crippen LogP contribution in [-0.2, 0) is 0 Å². The van der Waals surface area contributed by atoms with Crippen molar-refractivity contribution in [2.24, 2.45) is 0 Å². The molecule has 5 nitrogen and oxygen atoms in total. The molecule has 0 unspecified atom stereocenters. The molecule has 0 amide bonds. The molecule has 3 aromatic heterocycles. The fourth-order valence-electron chi connectivity index (χ4n) is 3.01. The third kappa shape index (κ3) is 2.29. The van der Waals surface area contributed by atoms with Crippen molar-refractivity contribution in [3.8, 4) is 5.82 Å². The zero-order valence-corrected chi connectivity index (χ0v) is 13.8. The Labute approximate surface area is 140 Å². The molecule has 0 radical (unpaired) electrons. The summed E-state index contributed by atoms with van der Waals surface area (Å²) in [6, 6.07) is 14.0. The Morgan fingerprint density at radius 1 is 1.08 bits per heavy atom. The summed E-state index contributed by atoms with van der Waals surface area (Å²) in [6.45, 7) is 5.10. The number of nitrogens with one attached hydrogen (secondary N) is 1. The Balaban J connectivity index is 2.07. The molecule has 1 aromatic carbocycles. The van der Waals surface area contributed by atoms with Crippen LogP contribution >= 0.6 is 0 Å². The molecule has 0 bridgehead atoms. The molecule has 4 aromatic rings. The molecule has 0 atom stereocenters. The number of nitrogens with zero attached hydrogens (tertiary/aromatic N) is 4. The highest BCUT2D eigenvalue weighted by molar-refractivity contribution is 6.07. The first-order chi connectivity index (χ1) is 11.8. The van der Waals surface area contributed by atoms with Gasteiger partial charge in [0.15, 0.2) is 11.5 Å². The third-order valence-corrected chi connectivity index (χ3v) is 4.10. The molecule has 0 aliphatic rings. The molecule has 0 fully saturated rings. The third-order valence-electron chi connectivity index (χ3n) is 4.10. The monoisotopic (exact) mass is 317 g/mol. The van der Waals surface area contributed by atoms with Gasteiger partial charge in [0.25, 0.3) is 0 Å². The van der Waals surface area contributed by atoms with Crippen molar-refractivity contribution in [2.75, 3.05) is 11.9 Å².